The van der Waals surface area contributed by atoms with Gasteiger partial charge in [0.25, 0.3) is 5.91 Å². The van der Waals surface area contributed by atoms with E-state index in [4.69, 9.17) is 5.73 Å². The molecule has 2 aliphatic rings. The SMILES string of the molecule is CC(C)(CN)CCN1C(=O)NC2(CCCCCCC2)C1=O. The molecule has 5 nitrogen and oxygen atoms in total. The fourth-order valence-corrected chi connectivity index (χ4v) is 3.24. The number of urea groups is 1. The summed E-state index contributed by atoms with van der Waals surface area (Å²) in [5.74, 6) is -0.0118. The van der Waals surface area contributed by atoms with Crippen molar-refractivity contribution in [3.8, 4) is 0 Å². The second-order valence-electron chi connectivity index (χ2n) is 7.36. The zero-order valence-corrected chi connectivity index (χ0v) is 13.4. The number of nitrogens with zero attached hydrogens (tertiary/aromatic N) is 1. The van der Waals surface area contributed by atoms with Gasteiger partial charge in [-0.05, 0) is 31.2 Å². The van der Waals surface area contributed by atoms with Gasteiger partial charge in [0, 0.05) is 6.54 Å². The summed E-state index contributed by atoms with van der Waals surface area (Å²) in [4.78, 5) is 26.4. The first-order valence-electron chi connectivity index (χ1n) is 8.24. The molecule has 0 atom stereocenters. The van der Waals surface area contributed by atoms with Crippen LogP contribution in [0.2, 0.25) is 0 Å². The molecule has 1 saturated carbocycles. The van der Waals surface area contributed by atoms with Crippen molar-refractivity contribution >= 4 is 11.9 Å². The largest absolute Gasteiger partial charge is 0.330 e. The summed E-state index contributed by atoms with van der Waals surface area (Å²) in [5, 5.41) is 3.00. The van der Waals surface area contributed by atoms with Crippen molar-refractivity contribution in [1.29, 1.82) is 0 Å². The van der Waals surface area contributed by atoms with Crippen molar-refractivity contribution in [2.24, 2.45) is 11.1 Å². The number of hydrogen-bond donors (Lipinski definition) is 2. The van der Waals surface area contributed by atoms with E-state index in [2.05, 4.69) is 19.2 Å². The lowest BCUT2D eigenvalue weighted by Gasteiger charge is -2.29. The molecular formula is C16H29N3O2. The average molecular weight is 295 g/mol. The predicted molar refractivity (Wildman–Crippen MR) is 82.7 cm³/mol. The van der Waals surface area contributed by atoms with E-state index in [-0.39, 0.29) is 17.4 Å². The number of nitrogens with two attached hydrogens (primary N) is 1. The molecule has 1 aliphatic carbocycles. The van der Waals surface area contributed by atoms with Crippen LogP contribution < -0.4 is 11.1 Å². The first-order valence-corrected chi connectivity index (χ1v) is 8.24. The van der Waals surface area contributed by atoms with Crippen LogP contribution in [0.15, 0.2) is 0 Å². The normalized spacial score (nSPS) is 23.1. The Hall–Kier alpha value is -1.10. The van der Waals surface area contributed by atoms with Gasteiger partial charge >= 0.3 is 6.03 Å². The Kier molecular flexibility index (Phi) is 4.91. The second kappa shape index (κ2) is 6.34. The molecule has 1 saturated heterocycles. The highest BCUT2D eigenvalue weighted by atomic mass is 16.2. The lowest BCUT2D eigenvalue weighted by atomic mass is 9.83. The van der Waals surface area contributed by atoms with Crippen molar-refractivity contribution < 1.29 is 9.59 Å². The van der Waals surface area contributed by atoms with Gasteiger partial charge in [-0.15, -0.1) is 0 Å². The summed E-state index contributed by atoms with van der Waals surface area (Å²) in [6.07, 6.45) is 7.92. The van der Waals surface area contributed by atoms with Crippen LogP contribution >= 0.6 is 0 Å². The molecule has 3 N–H and O–H groups in total. The fraction of sp³-hybridized carbons (Fsp3) is 0.875. The summed E-state index contributed by atoms with van der Waals surface area (Å²) in [7, 11) is 0. The Bertz CT molecular complexity index is 398. The van der Waals surface area contributed by atoms with Crippen LogP contribution in [-0.4, -0.2) is 35.5 Å². The van der Waals surface area contributed by atoms with Gasteiger partial charge in [-0.2, -0.15) is 0 Å². The zero-order valence-electron chi connectivity index (χ0n) is 13.4. The number of carbonyl (C=O) groups excluding carboxylic acids is 2. The molecule has 1 heterocycles. The van der Waals surface area contributed by atoms with Gasteiger partial charge < -0.3 is 11.1 Å². The van der Waals surface area contributed by atoms with Gasteiger partial charge in [0.15, 0.2) is 0 Å². The first-order chi connectivity index (χ1) is 9.90. The minimum Gasteiger partial charge on any atom is -0.330 e. The topological polar surface area (TPSA) is 75.4 Å². The molecule has 0 unspecified atom stereocenters. The summed E-state index contributed by atoms with van der Waals surface area (Å²) in [6, 6.07) is -0.214. The standard InChI is InChI=1S/C16H29N3O2/c1-15(2,12-17)10-11-19-13(20)16(18-14(19)21)8-6-4-3-5-7-9-16/h3-12,17H2,1-2H3,(H,18,21). The molecule has 0 aromatic carbocycles. The Morgan fingerprint density at radius 3 is 2.29 bits per heavy atom. The average Bonchev–Trinajstić information content (AvgIpc) is 2.64. The molecule has 1 aliphatic heterocycles. The van der Waals surface area contributed by atoms with Crippen molar-refractivity contribution in [2.45, 2.75) is 70.8 Å². The maximum absolute atomic E-state index is 12.8. The first kappa shape index (κ1) is 16.3. The quantitative estimate of drug-likeness (QED) is 0.782. The van der Waals surface area contributed by atoms with E-state index >= 15 is 0 Å². The molecule has 5 heteroatoms. The van der Waals surface area contributed by atoms with Crippen molar-refractivity contribution in [2.75, 3.05) is 13.1 Å². The van der Waals surface area contributed by atoms with Crippen molar-refractivity contribution in [1.82, 2.24) is 10.2 Å². The van der Waals surface area contributed by atoms with Crippen LogP contribution in [0.25, 0.3) is 0 Å². The Labute approximate surface area is 127 Å². The highest BCUT2D eigenvalue weighted by molar-refractivity contribution is 6.07. The summed E-state index contributed by atoms with van der Waals surface area (Å²) in [5.41, 5.74) is 5.07. The molecule has 0 radical (unpaired) electrons. The van der Waals surface area contributed by atoms with E-state index in [1.165, 1.54) is 11.3 Å². The summed E-state index contributed by atoms with van der Waals surface area (Å²) < 4.78 is 0. The number of carbonyl (C=O) groups is 2. The fourth-order valence-electron chi connectivity index (χ4n) is 3.24. The van der Waals surface area contributed by atoms with Crippen LogP contribution in [0.1, 0.15) is 65.2 Å². The summed E-state index contributed by atoms with van der Waals surface area (Å²) >= 11 is 0. The molecule has 120 valence electrons. The molecular weight excluding hydrogens is 266 g/mol. The van der Waals surface area contributed by atoms with Gasteiger partial charge in [-0.3, -0.25) is 9.69 Å². The molecule has 0 aromatic rings. The second-order valence-corrected chi connectivity index (χ2v) is 7.36. The third-order valence-electron chi connectivity index (χ3n) is 5.02. The molecule has 2 fully saturated rings. The Morgan fingerprint density at radius 1 is 1.14 bits per heavy atom. The highest BCUT2D eigenvalue weighted by Gasteiger charge is 2.50. The molecule has 2 rings (SSSR count). The van der Waals surface area contributed by atoms with Crippen LogP contribution in [0, 0.1) is 5.41 Å². The molecule has 0 aromatic heterocycles. The third-order valence-corrected chi connectivity index (χ3v) is 5.02. The maximum atomic E-state index is 12.8. The van der Waals surface area contributed by atoms with E-state index < -0.39 is 5.54 Å². The molecule has 3 amide bonds. The minimum absolute atomic E-state index is 0.0118. The van der Waals surface area contributed by atoms with Crippen LogP contribution in [0.4, 0.5) is 4.79 Å². The van der Waals surface area contributed by atoms with Crippen LogP contribution in [-0.2, 0) is 4.79 Å². The van der Waals surface area contributed by atoms with E-state index in [1.54, 1.807) is 0 Å². The highest BCUT2D eigenvalue weighted by Crippen LogP contribution is 2.32. The van der Waals surface area contributed by atoms with Crippen LogP contribution in [0.5, 0.6) is 0 Å². The molecule has 21 heavy (non-hydrogen) atoms. The molecule has 1 spiro atoms. The van der Waals surface area contributed by atoms with Crippen LogP contribution in [0.3, 0.4) is 0 Å². The van der Waals surface area contributed by atoms with Gasteiger partial charge in [0.05, 0.1) is 0 Å². The number of nitrogens with one attached hydrogen (secondary N) is 1. The van der Waals surface area contributed by atoms with E-state index in [0.717, 1.165) is 44.9 Å². The predicted octanol–water partition coefficient (Wildman–Crippen LogP) is 2.40. The lowest BCUT2D eigenvalue weighted by Crippen LogP contribution is -2.47. The number of hydrogen-bond acceptors (Lipinski definition) is 3. The van der Waals surface area contributed by atoms with Crippen molar-refractivity contribution in [3.63, 3.8) is 0 Å². The number of amides is 3. The Balaban J connectivity index is 2.04. The van der Waals surface area contributed by atoms with Gasteiger partial charge in [-0.25, -0.2) is 4.79 Å². The summed E-state index contributed by atoms with van der Waals surface area (Å²) in [6.45, 7) is 5.16. The van der Waals surface area contributed by atoms with E-state index in [9.17, 15) is 9.59 Å². The smallest absolute Gasteiger partial charge is 0.325 e. The molecule has 0 bridgehead atoms. The van der Waals surface area contributed by atoms with E-state index in [0.29, 0.717) is 13.1 Å². The third kappa shape index (κ3) is 3.57. The van der Waals surface area contributed by atoms with E-state index in [1.807, 2.05) is 0 Å². The monoisotopic (exact) mass is 295 g/mol. The van der Waals surface area contributed by atoms with Gasteiger partial charge in [0.1, 0.15) is 5.54 Å². The van der Waals surface area contributed by atoms with Gasteiger partial charge in [0.2, 0.25) is 0 Å². The minimum atomic E-state index is -0.621. The van der Waals surface area contributed by atoms with Gasteiger partial charge in [-0.1, -0.05) is 46.0 Å². The lowest BCUT2D eigenvalue weighted by molar-refractivity contribution is -0.132. The zero-order chi connectivity index (χ0) is 15.5. The number of imide groups is 1. The number of rotatable bonds is 4. The maximum Gasteiger partial charge on any atom is 0.325 e. The Morgan fingerprint density at radius 2 is 1.71 bits per heavy atom. The van der Waals surface area contributed by atoms with Crippen molar-refractivity contribution in [3.05, 3.63) is 0 Å².